The molecule has 0 amide bonds. The summed E-state index contributed by atoms with van der Waals surface area (Å²) in [6, 6.07) is 23.6. The van der Waals surface area contributed by atoms with Gasteiger partial charge in [-0.2, -0.15) is 0 Å². The zero-order chi connectivity index (χ0) is 36.6. The largest absolute Gasteiger partial charge is 0.374 e. The highest BCUT2D eigenvalue weighted by molar-refractivity contribution is 5.80. The standard InChI is InChI=1S/C48H66O3/c1-9-34-17-15-18-36(16-13-11-12-14-29-50-32-41(49)31-42-33-51-42)35(10-2)30-45-43(37-19-23-39(24-20-37)47(3,4)5)27-28-44(46(34)45)38-21-25-40(26-22-38)48(6,7)8/h19-28,30,35-36,42H,9-18,29,31-33H2,1-8H3. The Hall–Kier alpha value is -3.01. The number of ether oxygens (including phenoxy) is 2. The van der Waals surface area contributed by atoms with Gasteiger partial charge in [-0.1, -0.05) is 147 Å². The average molecular weight is 691 g/mol. The van der Waals surface area contributed by atoms with E-state index in [1.165, 1.54) is 75.9 Å². The third-order valence-electron chi connectivity index (χ3n) is 11.4. The number of epoxide rings is 1. The zero-order valence-electron chi connectivity index (χ0n) is 33.2. The lowest BCUT2D eigenvalue weighted by Gasteiger charge is -2.24. The molecular weight excluding hydrogens is 625 g/mol. The van der Waals surface area contributed by atoms with Gasteiger partial charge in [0, 0.05) is 13.0 Å². The first-order valence-corrected chi connectivity index (χ1v) is 20.2. The third-order valence-corrected chi connectivity index (χ3v) is 11.4. The van der Waals surface area contributed by atoms with Gasteiger partial charge in [0.15, 0.2) is 5.78 Å². The first-order chi connectivity index (χ1) is 24.4. The van der Waals surface area contributed by atoms with Crippen LogP contribution in [0.5, 0.6) is 0 Å². The number of carbonyl (C=O) groups is 1. The second-order valence-corrected chi connectivity index (χ2v) is 17.4. The van der Waals surface area contributed by atoms with Crippen LogP contribution in [0.1, 0.15) is 137 Å². The second kappa shape index (κ2) is 17.7. The minimum atomic E-state index is 0.127. The first kappa shape index (κ1) is 39.2. The topological polar surface area (TPSA) is 38.8 Å². The molecule has 1 saturated heterocycles. The number of unbranched alkanes of at least 4 members (excludes halogenated alkanes) is 3. The summed E-state index contributed by atoms with van der Waals surface area (Å²) in [5.74, 6) is 1.39. The van der Waals surface area contributed by atoms with Crippen LogP contribution in [0.4, 0.5) is 0 Å². The van der Waals surface area contributed by atoms with Crippen LogP contribution in [-0.2, 0) is 25.1 Å². The Morgan fingerprint density at radius 2 is 1.37 bits per heavy atom. The summed E-state index contributed by atoms with van der Waals surface area (Å²) >= 11 is 0. The van der Waals surface area contributed by atoms with Crippen LogP contribution in [-0.4, -0.2) is 31.7 Å². The van der Waals surface area contributed by atoms with Crippen molar-refractivity contribution in [2.45, 2.75) is 143 Å². The monoisotopic (exact) mass is 691 g/mol. The Bertz CT molecular complexity index is 1690. The van der Waals surface area contributed by atoms with E-state index in [1.54, 1.807) is 5.57 Å². The number of ketones is 1. The van der Waals surface area contributed by atoms with Gasteiger partial charge in [0.05, 0.1) is 12.7 Å². The molecule has 5 rings (SSSR count). The molecule has 3 aromatic rings. The van der Waals surface area contributed by atoms with Gasteiger partial charge < -0.3 is 9.47 Å². The van der Waals surface area contributed by atoms with Crippen molar-refractivity contribution >= 4 is 17.4 Å². The molecule has 1 heterocycles. The van der Waals surface area contributed by atoms with Crippen LogP contribution in [0.3, 0.4) is 0 Å². The number of fused-ring (bicyclic) bond motifs is 1. The summed E-state index contributed by atoms with van der Waals surface area (Å²) < 4.78 is 10.8. The maximum Gasteiger partial charge on any atom is 0.161 e. The van der Waals surface area contributed by atoms with Crippen molar-refractivity contribution in [2.24, 2.45) is 11.8 Å². The predicted molar refractivity (Wildman–Crippen MR) is 217 cm³/mol. The molecule has 276 valence electrons. The maximum absolute atomic E-state index is 11.9. The van der Waals surface area contributed by atoms with E-state index < -0.39 is 0 Å². The molecular formula is C48H66O3. The van der Waals surface area contributed by atoms with Crippen LogP contribution in [0.15, 0.2) is 60.7 Å². The van der Waals surface area contributed by atoms with Crippen molar-refractivity contribution in [1.82, 2.24) is 0 Å². The summed E-state index contributed by atoms with van der Waals surface area (Å²) in [6.45, 7) is 20.2. The van der Waals surface area contributed by atoms with E-state index in [0.717, 1.165) is 38.7 Å². The minimum Gasteiger partial charge on any atom is -0.374 e. The number of hydrogen-bond donors (Lipinski definition) is 0. The maximum atomic E-state index is 11.9. The lowest BCUT2D eigenvalue weighted by atomic mass is 9.81. The van der Waals surface area contributed by atoms with Gasteiger partial charge in [-0.05, 0) is 111 Å². The van der Waals surface area contributed by atoms with Crippen molar-refractivity contribution in [3.8, 4) is 22.3 Å². The highest BCUT2D eigenvalue weighted by atomic mass is 16.6. The Labute approximate surface area is 309 Å². The molecule has 3 unspecified atom stereocenters. The highest BCUT2D eigenvalue weighted by Gasteiger charge is 2.25. The van der Waals surface area contributed by atoms with Crippen molar-refractivity contribution in [3.63, 3.8) is 0 Å². The minimum absolute atomic E-state index is 0.127. The molecule has 0 bridgehead atoms. The van der Waals surface area contributed by atoms with Crippen molar-refractivity contribution < 1.29 is 14.3 Å². The van der Waals surface area contributed by atoms with Gasteiger partial charge in [0.25, 0.3) is 0 Å². The Morgan fingerprint density at radius 1 is 0.784 bits per heavy atom. The predicted octanol–water partition coefficient (Wildman–Crippen LogP) is 11.1. The van der Waals surface area contributed by atoms with Crippen LogP contribution in [0.2, 0.25) is 0 Å². The van der Waals surface area contributed by atoms with Gasteiger partial charge >= 0.3 is 0 Å². The molecule has 0 saturated carbocycles. The quantitative estimate of drug-likeness (QED) is 0.118. The molecule has 3 nitrogen and oxygen atoms in total. The lowest BCUT2D eigenvalue weighted by molar-refractivity contribution is -0.123. The van der Waals surface area contributed by atoms with Gasteiger partial charge in [-0.25, -0.2) is 0 Å². The van der Waals surface area contributed by atoms with E-state index in [4.69, 9.17) is 9.47 Å². The number of benzene rings is 3. The normalized spacial score (nSPS) is 19.5. The SMILES string of the molecule is CCC1=c2c(-c3ccc(C(C)(C)C)cc3)ccc(-c3ccc(C(C)(C)C)cc3)c2=CC(CC)C(CCCCCCOCC(=O)CC2CO2)CCC1. The van der Waals surface area contributed by atoms with E-state index in [-0.39, 0.29) is 29.3 Å². The van der Waals surface area contributed by atoms with E-state index in [0.29, 0.717) is 24.9 Å². The fourth-order valence-electron chi connectivity index (χ4n) is 8.04. The van der Waals surface area contributed by atoms with Crippen LogP contribution in [0.25, 0.3) is 33.9 Å². The molecule has 0 aromatic heterocycles. The molecule has 3 aromatic carbocycles. The number of Topliss-reactive ketones (excluding diaryl/α,β-unsaturated/α-hetero) is 1. The summed E-state index contributed by atoms with van der Waals surface area (Å²) in [5.41, 5.74) is 10.00. The number of hydrogen-bond acceptors (Lipinski definition) is 3. The average Bonchev–Trinajstić information content (AvgIpc) is 3.91. The fourth-order valence-corrected chi connectivity index (χ4v) is 8.04. The highest BCUT2D eigenvalue weighted by Crippen LogP contribution is 2.33. The van der Waals surface area contributed by atoms with Crippen molar-refractivity contribution in [3.05, 3.63) is 82.2 Å². The third kappa shape index (κ3) is 10.8. The van der Waals surface area contributed by atoms with E-state index in [9.17, 15) is 4.79 Å². The zero-order valence-corrected chi connectivity index (χ0v) is 33.2. The summed E-state index contributed by atoms with van der Waals surface area (Å²) in [6.07, 6.45) is 15.2. The Morgan fingerprint density at radius 3 is 1.94 bits per heavy atom. The lowest BCUT2D eigenvalue weighted by Crippen LogP contribution is -2.32. The fraction of sp³-hybridized carbons (Fsp3) is 0.562. The molecule has 1 aliphatic heterocycles. The van der Waals surface area contributed by atoms with Gasteiger partial charge in [-0.15, -0.1) is 0 Å². The smallest absolute Gasteiger partial charge is 0.161 e. The van der Waals surface area contributed by atoms with E-state index in [2.05, 4.69) is 122 Å². The Balaban J connectivity index is 1.44. The van der Waals surface area contributed by atoms with E-state index >= 15 is 0 Å². The van der Waals surface area contributed by atoms with Gasteiger partial charge in [0.1, 0.15) is 6.61 Å². The van der Waals surface area contributed by atoms with Crippen LogP contribution < -0.4 is 10.4 Å². The van der Waals surface area contributed by atoms with Crippen molar-refractivity contribution in [1.29, 1.82) is 0 Å². The summed E-state index contributed by atoms with van der Waals surface area (Å²) in [4.78, 5) is 11.9. The van der Waals surface area contributed by atoms with Gasteiger partial charge in [0.2, 0.25) is 0 Å². The number of rotatable bonds is 15. The second-order valence-electron chi connectivity index (χ2n) is 17.4. The Kier molecular flexibility index (Phi) is 13.6. The first-order valence-electron chi connectivity index (χ1n) is 20.2. The van der Waals surface area contributed by atoms with Gasteiger partial charge in [-0.3, -0.25) is 4.79 Å². The molecule has 3 atom stereocenters. The molecule has 2 aliphatic rings. The van der Waals surface area contributed by atoms with Crippen LogP contribution in [0, 0.1) is 11.8 Å². The van der Waals surface area contributed by atoms with E-state index in [1.807, 2.05) is 0 Å². The molecule has 0 spiro atoms. The molecule has 0 radical (unpaired) electrons. The number of carbonyl (C=O) groups excluding carboxylic acids is 1. The molecule has 3 heteroatoms. The summed E-state index contributed by atoms with van der Waals surface area (Å²) in [5, 5.41) is 2.94. The molecule has 1 fully saturated rings. The van der Waals surface area contributed by atoms with Crippen LogP contribution >= 0.6 is 0 Å². The van der Waals surface area contributed by atoms with Crippen molar-refractivity contribution in [2.75, 3.05) is 19.8 Å². The molecule has 0 N–H and O–H groups in total. The summed E-state index contributed by atoms with van der Waals surface area (Å²) in [7, 11) is 0. The molecule has 51 heavy (non-hydrogen) atoms. The molecule has 1 aliphatic carbocycles.